The van der Waals surface area contributed by atoms with Gasteiger partial charge in [0, 0.05) is 29.0 Å². The number of fused-ring (bicyclic) bond motifs is 1. The maximum absolute atomic E-state index is 12.6. The molecule has 31 heavy (non-hydrogen) atoms. The van der Waals surface area contributed by atoms with Gasteiger partial charge in [0.2, 0.25) is 5.91 Å². The summed E-state index contributed by atoms with van der Waals surface area (Å²) < 4.78 is 7.11. The molecule has 154 valence electrons. The molecule has 3 heterocycles. The van der Waals surface area contributed by atoms with E-state index in [1.807, 2.05) is 61.5 Å². The van der Waals surface area contributed by atoms with Crippen LogP contribution in [0.15, 0.2) is 60.8 Å². The van der Waals surface area contributed by atoms with Crippen LogP contribution in [-0.2, 0) is 4.79 Å². The fourth-order valence-corrected chi connectivity index (χ4v) is 4.04. The molecular weight excluding hydrogens is 392 g/mol. The number of nitrogens with one attached hydrogen (secondary N) is 1. The number of nitrogens with zero attached hydrogens (tertiary/aromatic N) is 5. The van der Waals surface area contributed by atoms with Crippen LogP contribution in [0.25, 0.3) is 17.2 Å². The van der Waals surface area contributed by atoms with Crippen LogP contribution in [0.1, 0.15) is 29.2 Å². The highest BCUT2D eigenvalue weighted by Crippen LogP contribution is 2.42. The summed E-state index contributed by atoms with van der Waals surface area (Å²) in [6, 6.07) is 17.5. The first-order chi connectivity index (χ1) is 15.2. The Balaban J connectivity index is 1.64. The van der Waals surface area contributed by atoms with Gasteiger partial charge >= 0.3 is 0 Å². The average Bonchev–Trinajstić information content (AvgIpc) is 3.15. The summed E-state index contributed by atoms with van der Waals surface area (Å²) in [5, 5.41) is 15.9. The number of aromatic nitrogens is 5. The van der Waals surface area contributed by atoms with Crippen molar-refractivity contribution < 1.29 is 9.53 Å². The van der Waals surface area contributed by atoms with Crippen LogP contribution in [0.2, 0.25) is 0 Å². The van der Waals surface area contributed by atoms with Gasteiger partial charge in [-0.15, -0.1) is 5.10 Å². The molecule has 4 aromatic rings. The molecule has 0 unspecified atom stereocenters. The predicted molar refractivity (Wildman–Crippen MR) is 115 cm³/mol. The Morgan fingerprint density at radius 1 is 1.10 bits per heavy atom. The summed E-state index contributed by atoms with van der Waals surface area (Å²) in [5.41, 5.74) is 4.27. The van der Waals surface area contributed by atoms with Gasteiger partial charge in [-0.1, -0.05) is 48.5 Å². The number of para-hydroxylation sites is 1. The number of benzene rings is 2. The molecule has 0 radical (unpaired) electrons. The lowest BCUT2D eigenvalue weighted by atomic mass is 9.85. The molecule has 8 heteroatoms. The number of carbonyl (C=O) groups excluding carboxylic acids is 1. The molecule has 0 saturated carbocycles. The molecule has 0 bridgehead atoms. The number of hydrogen-bond acceptors (Lipinski definition) is 6. The molecule has 0 fully saturated rings. The minimum atomic E-state index is -0.182. The van der Waals surface area contributed by atoms with E-state index in [-0.39, 0.29) is 11.8 Å². The standard InChI is InChI=1S/C23H20N6O2/c1-14-21-17(16-10-6-7-11-19(16)31-2)12-20(30)26-22(21)29(28-14)23-25-18(13-24-27-23)15-8-4-3-5-9-15/h3-11,13,17H,12H2,1-2H3,(H,26,30)/t17-/m1/s1. The van der Waals surface area contributed by atoms with Crippen LogP contribution in [0.3, 0.4) is 0 Å². The topological polar surface area (TPSA) is 94.8 Å². The van der Waals surface area contributed by atoms with Gasteiger partial charge in [0.1, 0.15) is 11.6 Å². The Morgan fingerprint density at radius 3 is 2.68 bits per heavy atom. The molecule has 0 spiro atoms. The van der Waals surface area contributed by atoms with E-state index >= 15 is 0 Å². The lowest BCUT2D eigenvalue weighted by Gasteiger charge is -2.25. The SMILES string of the molecule is COc1ccccc1[C@H]1CC(=O)Nc2c1c(C)nn2-c1nncc(-c2ccccc2)n1. The summed E-state index contributed by atoms with van der Waals surface area (Å²) in [5.74, 6) is 1.32. The van der Waals surface area contributed by atoms with Gasteiger partial charge in [-0.25, -0.2) is 4.98 Å². The number of methoxy groups -OCH3 is 1. The zero-order valence-corrected chi connectivity index (χ0v) is 17.1. The highest BCUT2D eigenvalue weighted by atomic mass is 16.5. The Morgan fingerprint density at radius 2 is 1.87 bits per heavy atom. The molecule has 1 amide bonds. The van der Waals surface area contributed by atoms with E-state index < -0.39 is 0 Å². The van der Waals surface area contributed by atoms with Crippen molar-refractivity contribution in [2.24, 2.45) is 0 Å². The van der Waals surface area contributed by atoms with E-state index in [0.29, 0.717) is 23.9 Å². The van der Waals surface area contributed by atoms with Crippen molar-refractivity contribution in [3.63, 3.8) is 0 Å². The van der Waals surface area contributed by atoms with Gasteiger partial charge in [0.25, 0.3) is 5.95 Å². The Kier molecular flexibility index (Phi) is 4.66. The molecule has 0 saturated heterocycles. The number of ether oxygens (including phenoxy) is 1. The quantitative estimate of drug-likeness (QED) is 0.551. The van der Waals surface area contributed by atoms with Gasteiger partial charge in [0.15, 0.2) is 0 Å². The number of hydrogen-bond donors (Lipinski definition) is 1. The lowest BCUT2D eigenvalue weighted by Crippen LogP contribution is -2.25. The molecule has 1 aliphatic rings. The first kappa shape index (κ1) is 18.9. The molecule has 0 aliphatic carbocycles. The zero-order valence-electron chi connectivity index (χ0n) is 17.1. The molecule has 5 rings (SSSR count). The van der Waals surface area contributed by atoms with Crippen LogP contribution < -0.4 is 10.1 Å². The minimum absolute atomic E-state index is 0.100. The van der Waals surface area contributed by atoms with Crippen molar-refractivity contribution in [1.29, 1.82) is 0 Å². The highest BCUT2D eigenvalue weighted by Gasteiger charge is 2.34. The van der Waals surface area contributed by atoms with Crippen LogP contribution in [0, 0.1) is 6.92 Å². The summed E-state index contributed by atoms with van der Waals surface area (Å²) in [6.45, 7) is 1.92. The van der Waals surface area contributed by atoms with Crippen molar-refractivity contribution in [3.05, 3.63) is 77.6 Å². The van der Waals surface area contributed by atoms with Gasteiger partial charge in [-0.2, -0.15) is 14.9 Å². The van der Waals surface area contributed by atoms with Crippen LogP contribution in [0.5, 0.6) is 5.75 Å². The fraction of sp³-hybridized carbons (Fsp3) is 0.174. The van der Waals surface area contributed by atoms with E-state index in [4.69, 9.17) is 4.74 Å². The number of aryl methyl sites for hydroxylation is 1. The first-order valence-electron chi connectivity index (χ1n) is 9.93. The van der Waals surface area contributed by atoms with Crippen molar-refractivity contribution >= 4 is 11.7 Å². The predicted octanol–water partition coefficient (Wildman–Crippen LogP) is 3.52. The van der Waals surface area contributed by atoms with E-state index in [1.165, 1.54) is 0 Å². The van der Waals surface area contributed by atoms with E-state index in [2.05, 4.69) is 25.6 Å². The van der Waals surface area contributed by atoms with Crippen molar-refractivity contribution in [2.45, 2.75) is 19.3 Å². The summed E-state index contributed by atoms with van der Waals surface area (Å²) in [6.07, 6.45) is 1.92. The van der Waals surface area contributed by atoms with E-state index in [0.717, 1.165) is 28.1 Å². The third-order valence-corrected chi connectivity index (χ3v) is 5.42. The van der Waals surface area contributed by atoms with Crippen LogP contribution >= 0.6 is 0 Å². The summed E-state index contributed by atoms with van der Waals surface area (Å²) in [4.78, 5) is 17.3. The molecule has 1 atom stereocenters. The van der Waals surface area contributed by atoms with Crippen molar-refractivity contribution in [2.75, 3.05) is 12.4 Å². The first-order valence-corrected chi connectivity index (χ1v) is 9.93. The van der Waals surface area contributed by atoms with Gasteiger partial charge in [-0.3, -0.25) is 4.79 Å². The maximum atomic E-state index is 12.6. The molecule has 1 aliphatic heterocycles. The largest absolute Gasteiger partial charge is 0.496 e. The van der Waals surface area contributed by atoms with Gasteiger partial charge in [-0.05, 0) is 13.0 Å². The number of amides is 1. The molecular formula is C23H20N6O2. The number of rotatable bonds is 4. The van der Waals surface area contributed by atoms with Gasteiger partial charge < -0.3 is 10.1 Å². The van der Waals surface area contributed by atoms with Crippen molar-refractivity contribution in [1.82, 2.24) is 25.0 Å². The normalized spacial score (nSPS) is 15.3. The molecule has 8 nitrogen and oxygen atoms in total. The third-order valence-electron chi connectivity index (χ3n) is 5.42. The second-order valence-corrected chi connectivity index (χ2v) is 7.31. The fourth-order valence-electron chi connectivity index (χ4n) is 4.04. The van der Waals surface area contributed by atoms with Crippen LogP contribution in [-0.4, -0.2) is 38.0 Å². The van der Waals surface area contributed by atoms with E-state index in [1.54, 1.807) is 18.0 Å². The van der Waals surface area contributed by atoms with E-state index in [9.17, 15) is 4.79 Å². The van der Waals surface area contributed by atoms with Crippen molar-refractivity contribution in [3.8, 4) is 23.0 Å². The summed E-state index contributed by atoms with van der Waals surface area (Å²) >= 11 is 0. The molecule has 2 aromatic heterocycles. The third kappa shape index (κ3) is 3.31. The smallest absolute Gasteiger partial charge is 0.272 e. The lowest BCUT2D eigenvalue weighted by molar-refractivity contribution is -0.116. The average molecular weight is 412 g/mol. The monoisotopic (exact) mass is 412 g/mol. The Hall–Kier alpha value is -4.07. The maximum Gasteiger partial charge on any atom is 0.272 e. The number of carbonyl (C=O) groups is 1. The zero-order chi connectivity index (χ0) is 21.4. The van der Waals surface area contributed by atoms with Gasteiger partial charge in [0.05, 0.1) is 24.7 Å². The molecule has 2 aromatic carbocycles. The number of anilines is 1. The molecule has 1 N–H and O–H groups in total. The van der Waals surface area contributed by atoms with Crippen LogP contribution in [0.4, 0.5) is 5.82 Å². The highest BCUT2D eigenvalue weighted by molar-refractivity contribution is 5.95. The minimum Gasteiger partial charge on any atom is -0.496 e. The Labute approximate surface area is 178 Å². The second kappa shape index (κ2) is 7.64. The summed E-state index contributed by atoms with van der Waals surface area (Å²) in [7, 11) is 1.63. The second-order valence-electron chi connectivity index (χ2n) is 7.31. The Bertz CT molecular complexity index is 1270.